The average molecular weight is 304 g/mol. The fourth-order valence-electron chi connectivity index (χ4n) is 3.26. The van der Waals surface area contributed by atoms with Crippen molar-refractivity contribution in [2.45, 2.75) is 12.5 Å². The van der Waals surface area contributed by atoms with Gasteiger partial charge in [-0.1, -0.05) is 54.6 Å². The summed E-state index contributed by atoms with van der Waals surface area (Å²) in [7, 11) is 1.41. The van der Waals surface area contributed by atoms with Crippen molar-refractivity contribution in [1.29, 1.82) is 0 Å². The summed E-state index contributed by atoms with van der Waals surface area (Å²) in [5, 5.41) is 2.26. The Morgan fingerprint density at radius 2 is 1.78 bits per heavy atom. The van der Waals surface area contributed by atoms with E-state index in [1.165, 1.54) is 7.11 Å². The molecule has 114 valence electrons. The molecule has 3 aromatic rings. The third-order valence-corrected chi connectivity index (χ3v) is 4.32. The molecule has 1 unspecified atom stereocenters. The molecule has 0 amide bonds. The van der Waals surface area contributed by atoms with Crippen LogP contribution in [0.2, 0.25) is 0 Å². The highest BCUT2D eigenvalue weighted by Gasteiger charge is 2.29. The average Bonchev–Trinajstić information content (AvgIpc) is 2.61. The van der Waals surface area contributed by atoms with Crippen LogP contribution in [0.5, 0.6) is 5.75 Å². The van der Waals surface area contributed by atoms with Crippen molar-refractivity contribution in [3.05, 3.63) is 66.2 Å². The van der Waals surface area contributed by atoms with Crippen LogP contribution >= 0.6 is 0 Å². The molecular weight excluding hydrogens is 288 g/mol. The SMILES string of the molecule is COC(=O)CC1Oc2ccccc2-c2ccc3ccccc3c21. The molecule has 0 N–H and O–H groups in total. The first kappa shape index (κ1) is 13.8. The van der Waals surface area contributed by atoms with Crippen LogP contribution in [0.1, 0.15) is 18.1 Å². The molecule has 0 saturated heterocycles. The van der Waals surface area contributed by atoms with Gasteiger partial charge in [0.05, 0.1) is 13.5 Å². The van der Waals surface area contributed by atoms with E-state index in [9.17, 15) is 4.79 Å². The topological polar surface area (TPSA) is 35.5 Å². The van der Waals surface area contributed by atoms with Crippen molar-refractivity contribution in [1.82, 2.24) is 0 Å². The molecule has 1 heterocycles. The normalized spacial score (nSPS) is 15.4. The van der Waals surface area contributed by atoms with E-state index in [0.29, 0.717) is 0 Å². The number of hydrogen-bond acceptors (Lipinski definition) is 3. The summed E-state index contributed by atoms with van der Waals surface area (Å²) in [4.78, 5) is 11.8. The zero-order valence-corrected chi connectivity index (χ0v) is 12.8. The second kappa shape index (κ2) is 5.43. The fraction of sp³-hybridized carbons (Fsp3) is 0.150. The summed E-state index contributed by atoms with van der Waals surface area (Å²) < 4.78 is 11.0. The number of fused-ring (bicyclic) bond motifs is 5. The van der Waals surface area contributed by atoms with Crippen LogP contribution < -0.4 is 4.74 Å². The Morgan fingerprint density at radius 3 is 2.65 bits per heavy atom. The maximum Gasteiger partial charge on any atom is 0.309 e. The van der Waals surface area contributed by atoms with E-state index < -0.39 is 0 Å². The van der Waals surface area contributed by atoms with Gasteiger partial charge in [-0.05, 0) is 22.4 Å². The molecule has 3 aromatic carbocycles. The number of para-hydroxylation sites is 1. The number of methoxy groups -OCH3 is 1. The predicted molar refractivity (Wildman–Crippen MR) is 89.4 cm³/mol. The second-order valence-corrected chi connectivity index (χ2v) is 5.63. The number of benzene rings is 3. The molecule has 1 aliphatic heterocycles. The molecule has 3 nitrogen and oxygen atoms in total. The van der Waals surface area contributed by atoms with E-state index in [1.807, 2.05) is 30.3 Å². The zero-order chi connectivity index (χ0) is 15.8. The largest absolute Gasteiger partial charge is 0.484 e. The molecule has 23 heavy (non-hydrogen) atoms. The minimum Gasteiger partial charge on any atom is -0.484 e. The third kappa shape index (κ3) is 2.25. The van der Waals surface area contributed by atoms with E-state index in [1.54, 1.807) is 0 Å². The number of rotatable bonds is 2. The first-order valence-electron chi connectivity index (χ1n) is 7.62. The van der Waals surface area contributed by atoms with Gasteiger partial charge in [0.2, 0.25) is 0 Å². The number of ether oxygens (including phenoxy) is 2. The van der Waals surface area contributed by atoms with Gasteiger partial charge in [0.15, 0.2) is 0 Å². The molecule has 0 spiro atoms. The number of hydrogen-bond donors (Lipinski definition) is 0. The molecule has 0 saturated carbocycles. The van der Waals surface area contributed by atoms with Crippen LogP contribution in [0, 0.1) is 0 Å². The Kier molecular flexibility index (Phi) is 3.27. The van der Waals surface area contributed by atoms with Gasteiger partial charge in [-0.2, -0.15) is 0 Å². The van der Waals surface area contributed by atoms with Gasteiger partial charge in [-0.25, -0.2) is 0 Å². The summed E-state index contributed by atoms with van der Waals surface area (Å²) in [5.41, 5.74) is 3.25. The first-order chi connectivity index (χ1) is 11.3. The standard InChI is InChI=1S/C20H16O3/c1-22-19(21)12-18-20-14-7-3-2-6-13(14)10-11-16(20)15-8-4-5-9-17(15)23-18/h2-11,18H,12H2,1H3. The molecule has 0 radical (unpaired) electrons. The molecule has 3 heteroatoms. The fourth-order valence-corrected chi connectivity index (χ4v) is 3.26. The minimum atomic E-state index is -0.335. The number of carbonyl (C=O) groups excluding carboxylic acids is 1. The summed E-state index contributed by atoms with van der Waals surface area (Å²) >= 11 is 0. The van der Waals surface area contributed by atoms with Crippen molar-refractivity contribution >= 4 is 16.7 Å². The first-order valence-corrected chi connectivity index (χ1v) is 7.62. The van der Waals surface area contributed by atoms with Crippen molar-refractivity contribution in [2.75, 3.05) is 7.11 Å². The van der Waals surface area contributed by atoms with Gasteiger partial charge in [-0.3, -0.25) is 4.79 Å². The van der Waals surface area contributed by atoms with Crippen LogP contribution in [-0.4, -0.2) is 13.1 Å². The molecular formula is C20H16O3. The summed E-state index contributed by atoms with van der Waals surface area (Å²) in [6.07, 6.45) is -0.135. The maximum atomic E-state index is 11.8. The molecule has 1 atom stereocenters. The third-order valence-electron chi connectivity index (χ3n) is 4.32. The smallest absolute Gasteiger partial charge is 0.309 e. The predicted octanol–water partition coefficient (Wildman–Crippen LogP) is 4.50. The molecule has 0 aromatic heterocycles. The van der Waals surface area contributed by atoms with E-state index in [0.717, 1.165) is 33.2 Å². The number of esters is 1. The van der Waals surface area contributed by atoms with Crippen molar-refractivity contribution in [2.24, 2.45) is 0 Å². The van der Waals surface area contributed by atoms with Crippen LogP contribution in [-0.2, 0) is 9.53 Å². The number of carbonyl (C=O) groups is 1. The molecule has 0 aliphatic carbocycles. The van der Waals surface area contributed by atoms with Crippen LogP contribution in [0.15, 0.2) is 60.7 Å². The van der Waals surface area contributed by atoms with Crippen LogP contribution in [0.4, 0.5) is 0 Å². The Balaban J connectivity index is 1.97. The highest BCUT2D eigenvalue weighted by Crippen LogP contribution is 2.46. The molecule has 4 rings (SSSR count). The van der Waals surface area contributed by atoms with Gasteiger partial charge in [0.1, 0.15) is 11.9 Å². The van der Waals surface area contributed by atoms with Crippen molar-refractivity contribution in [3.8, 4) is 16.9 Å². The Bertz CT molecular complexity index is 898. The summed E-state index contributed by atoms with van der Waals surface area (Å²) in [6.45, 7) is 0. The van der Waals surface area contributed by atoms with Gasteiger partial charge in [0.25, 0.3) is 0 Å². The molecule has 0 bridgehead atoms. The van der Waals surface area contributed by atoms with Gasteiger partial charge in [0, 0.05) is 11.1 Å². The molecule has 1 aliphatic rings. The Labute approximate surface area is 134 Å². The minimum absolute atomic E-state index is 0.200. The van der Waals surface area contributed by atoms with Crippen LogP contribution in [0.3, 0.4) is 0 Å². The maximum absolute atomic E-state index is 11.8. The van der Waals surface area contributed by atoms with Crippen molar-refractivity contribution in [3.63, 3.8) is 0 Å². The lowest BCUT2D eigenvalue weighted by atomic mass is 9.87. The summed E-state index contributed by atoms with van der Waals surface area (Å²) in [6, 6.07) is 20.4. The second-order valence-electron chi connectivity index (χ2n) is 5.63. The van der Waals surface area contributed by atoms with Gasteiger partial charge in [-0.15, -0.1) is 0 Å². The lowest BCUT2D eigenvalue weighted by Gasteiger charge is -2.29. The van der Waals surface area contributed by atoms with Gasteiger partial charge < -0.3 is 9.47 Å². The van der Waals surface area contributed by atoms with Gasteiger partial charge >= 0.3 is 5.97 Å². The van der Waals surface area contributed by atoms with Crippen LogP contribution in [0.25, 0.3) is 21.9 Å². The highest BCUT2D eigenvalue weighted by molar-refractivity contribution is 5.94. The van der Waals surface area contributed by atoms with E-state index in [-0.39, 0.29) is 18.5 Å². The Hall–Kier alpha value is -2.81. The van der Waals surface area contributed by atoms with E-state index in [2.05, 4.69) is 30.3 Å². The quantitative estimate of drug-likeness (QED) is 0.654. The summed E-state index contributed by atoms with van der Waals surface area (Å²) in [5.74, 6) is 0.539. The van der Waals surface area contributed by atoms with E-state index in [4.69, 9.17) is 9.47 Å². The highest BCUT2D eigenvalue weighted by atomic mass is 16.5. The molecule has 0 fully saturated rings. The zero-order valence-electron chi connectivity index (χ0n) is 12.8. The van der Waals surface area contributed by atoms with E-state index >= 15 is 0 Å². The lowest BCUT2D eigenvalue weighted by Crippen LogP contribution is -2.18. The monoisotopic (exact) mass is 304 g/mol. The van der Waals surface area contributed by atoms with Crippen molar-refractivity contribution < 1.29 is 14.3 Å². The Morgan fingerprint density at radius 1 is 1.00 bits per heavy atom. The lowest BCUT2D eigenvalue weighted by molar-refractivity contribution is -0.142.